The Bertz CT molecular complexity index is 785. The number of nitrogens with zero attached hydrogens (tertiary/aromatic N) is 2. The first-order valence-corrected chi connectivity index (χ1v) is 8.87. The van der Waals surface area contributed by atoms with Crippen molar-refractivity contribution in [1.82, 2.24) is 15.0 Å². The number of pyridine rings is 1. The summed E-state index contributed by atoms with van der Waals surface area (Å²) in [7, 11) is 0. The first-order valence-electron chi connectivity index (χ1n) is 7.19. The molecule has 0 aliphatic rings. The highest BCUT2D eigenvalue weighted by Gasteiger charge is 2.20. The van der Waals surface area contributed by atoms with Crippen molar-refractivity contribution < 1.29 is 4.79 Å². The molecule has 23 heavy (non-hydrogen) atoms. The van der Waals surface area contributed by atoms with Gasteiger partial charge in [0.2, 0.25) is 5.91 Å². The molecule has 2 aromatic heterocycles. The van der Waals surface area contributed by atoms with Crippen LogP contribution in [0.2, 0.25) is 0 Å². The molecular formula is C16H15BrN4OS. The molecular weight excluding hydrogens is 376 g/mol. The van der Waals surface area contributed by atoms with Crippen LogP contribution in [0, 0.1) is 0 Å². The second-order valence-electron chi connectivity index (χ2n) is 4.93. The summed E-state index contributed by atoms with van der Waals surface area (Å²) in [5.41, 5.74) is 2.32. The summed E-state index contributed by atoms with van der Waals surface area (Å²) in [6.45, 7) is 1.99. The van der Waals surface area contributed by atoms with Gasteiger partial charge < -0.3 is 10.3 Å². The maximum Gasteiger partial charge on any atom is 0.237 e. The standard InChI is InChI=1S/C16H15BrN4OS/c1-2-13(15(22)19-11-7-5-10(17)6-8-11)23-16-20-12-4-3-9-18-14(12)21-16/h3-9,13H,2H2,1H3,(H,19,22)(H,18,20,21). The molecule has 1 aromatic carbocycles. The fourth-order valence-electron chi connectivity index (χ4n) is 2.09. The fraction of sp³-hybridized carbons (Fsp3) is 0.188. The number of benzene rings is 1. The number of amides is 1. The van der Waals surface area contributed by atoms with E-state index in [9.17, 15) is 4.79 Å². The summed E-state index contributed by atoms with van der Waals surface area (Å²) in [6.07, 6.45) is 2.41. The van der Waals surface area contributed by atoms with E-state index in [0.717, 1.165) is 15.7 Å². The van der Waals surface area contributed by atoms with Gasteiger partial charge in [-0.05, 0) is 42.8 Å². The number of rotatable bonds is 5. The zero-order valence-electron chi connectivity index (χ0n) is 12.4. The van der Waals surface area contributed by atoms with Crippen LogP contribution < -0.4 is 5.32 Å². The van der Waals surface area contributed by atoms with Crippen molar-refractivity contribution in [1.29, 1.82) is 0 Å². The molecule has 2 heterocycles. The Hall–Kier alpha value is -1.86. The molecule has 3 aromatic rings. The number of thioether (sulfide) groups is 1. The van der Waals surface area contributed by atoms with Crippen LogP contribution in [0.15, 0.2) is 52.2 Å². The van der Waals surface area contributed by atoms with E-state index in [0.29, 0.717) is 17.2 Å². The van der Waals surface area contributed by atoms with Gasteiger partial charge in [0, 0.05) is 16.4 Å². The monoisotopic (exact) mass is 390 g/mol. The number of anilines is 1. The van der Waals surface area contributed by atoms with Gasteiger partial charge in [0.05, 0.1) is 10.8 Å². The number of aromatic nitrogens is 3. The molecule has 0 bridgehead atoms. The lowest BCUT2D eigenvalue weighted by Gasteiger charge is -2.13. The Morgan fingerprint density at radius 1 is 1.35 bits per heavy atom. The van der Waals surface area contributed by atoms with Crippen molar-refractivity contribution in [3.63, 3.8) is 0 Å². The number of imidazole rings is 1. The number of nitrogens with one attached hydrogen (secondary N) is 2. The predicted octanol–water partition coefficient (Wildman–Crippen LogP) is 4.23. The van der Waals surface area contributed by atoms with E-state index in [1.807, 2.05) is 43.3 Å². The molecule has 3 rings (SSSR count). The average Bonchev–Trinajstić information content (AvgIpc) is 2.97. The van der Waals surface area contributed by atoms with E-state index in [2.05, 4.69) is 36.2 Å². The number of hydrogen-bond donors (Lipinski definition) is 2. The minimum absolute atomic E-state index is 0.0340. The smallest absolute Gasteiger partial charge is 0.237 e. The number of carbonyl (C=O) groups excluding carboxylic acids is 1. The van der Waals surface area contributed by atoms with Gasteiger partial charge in [0.1, 0.15) is 0 Å². The van der Waals surface area contributed by atoms with Gasteiger partial charge in [-0.25, -0.2) is 9.97 Å². The lowest BCUT2D eigenvalue weighted by Crippen LogP contribution is -2.24. The Morgan fingerprint density at radius 2 is 2.13 bits per heavy atom. The van der Waals surface area contributed by atoms with Gasteiger partial charge in [-0.3, -0.25) is 4.79 Å². The minimum Gasteiger partial charge on any atom is -0.332 e. The Kier molecular flexibility index (Phi) is 4.97. The van der Waals surface area contributed by atoms with Gasteiger partial charge in [-0.1, -0.05) is 34.6 Å². The molecule has 1 atom stereocenters. The van der Waals surface area contributed by atoms with Crippen LogP contribution in [0.25, 0.3) is 11.2 Å². The van der Waals surface area contributed by atoms with E-state index >= 15 is 0 Å². The van der Waals surface area contributed by atoms with Crippen LogP contribution in [0.3, 0.4) is 0 Å². The normalized spacial score (nSPS) is 12.3. The summed E-state index contributed by atoms with van der Waals surface area (Å²) >= 11 is 4.80. The molecule has 7 heteroatoms. The molecule has 0 radical (unpaired) electrons. The lowest BCUT2D eigenvalue weighted by molar-refractivity contribution is -0.115. The molecule has 0 fully saturated rings. The third kappa shape index (κ3) is 3.92. The van der Waals surface area contributed by atoms with Crippen molar-refractivity contribution in [3.05, 3.63) is 47.1 Å². The molecule has 5 nitrogen and oxygen atoms in total. The number of halogens is 1. The second kappa shape index (κ2) is 7.14. The van der Waals surface area contributed by atoms with Crippen molar-refractivity contribution in [2.45, 2.75) is 23.8 Å². The maximum absolute atomic E-state index is 12.4. The van der Waals surface area contributed by atoms with Gasteiger partial charge >= 0.3 is 0 Å². The third-order valence-electron chi connectivity index (χ3n) is 3.26. The zero-order valence-corrected chi connectivity index (χ0v) is 14.8. The molecule has 118 valence electrons. The van der Waals surface area contributed by atoms with Crippen LogP contribution >= 0.6 is 27.7 Å². The van der Waals surface area contributed by atoms with Crippen molar-refractivity contribution in [2.75, 3.05) is 5.32 Å². The molecule has 0 aliphatic heterocycles. The van der Waals surface area contributed by atoms with Gasteiger partial charge in [0.25, 0.3) is 0 Å². The van der Waals surface area contributed by atoms with Gasteiger partial charge in [-0.15, -0.1) is 0 Å². The highest BCUT2D eigenvalue weighted by molar-refractivity contribution is 9.10. The second-order valence-corrected chi connectivity index (χ2v) is 7.03. The van der Waals surface area contributed by atoms with Gasteiger partial charge in [0.15, 0.2) is 10.8 Å². The maximum atomic E-state index is 12.4. The summed E-state index contributed by atoms with van der Waals surface area (Å²) in [5, 5.41) is 3.42. The first-order chi connectivity index (χ1) is 11.2. The minimum atomic E-state index is -0.223. The number of aromatic amines is 1. The van der Waals surface area contributed by atoms with Crippen molar-refractivity contribution in [3.8, 4) is 0 Å². The Balaban J connectivity index is 1.71. The van der Waals surface area contributed by atoms with E-state index < -0.39 is 0 Å². The van der Waals surface area contributed by atoms with Crippen molar-refractivity contribution in [2.24, 2.45) is 0 Å². The predicted molar refractivity (Wildman–Crippen MR) is 96.6 cm³/mol. The largest absolute Gasteiger partial charge is 0.332 e. The number of H-pyrrole nitrogens is 1. The SMILES string of the molecule is CCC(Sc1nc2ncccc2[nH]1)C(=O)Nc1ccc(Br)cc1. The van der Waals surface area contributed by atoms with E-state index in [1.165, 1.54) is 11.8 Å². The van der Waals surface area contributed by atoms with Gasteiger partial charge in [-0.2, -0.15) is 0 Å². The topological polar surface area (TPSA) is 70.7 Å². The van der Waals surface area contributed by atoms with Crippen LogP contribution in [0.1, 0.15) is 13.3 Å². The number of carbonyl (C=O) groups is 1. The summed E-state index contributed by atoms with van der Waals surface area (Å²) in [5.74, 6) is -0.0340. The molecule has 1 unspecified atom stereocenters. The molecule has 0 saturated carbocycles. The molecule has 1 amide bonds. The number of fused-ring (bicyclic) bond motifs is 1. The fourth-order valence-corrected chi connectivity index (χ4v) is 3.27. The zero-order chi connectivity index (χ0) is 16.2. The molecule has 0 saturated heterocycles. The first kappa shape index (κ1) is 16.0. The van der Waals surface area contributed by atoms with Crippen molar-refractivity contribution >= 4 is 50.5 Å². The van der Waals surface area contributed by atoms with E-state index in [4.69, 9.17) is 0 Å². The number of hydrogen-bond acceptors (Lipinski definition) is 4. The van der Waals surface area contributed by atoms with Crippen LogP contribution in [-0.2, 0) is 4.79 Å². The van der Waals surface area contributed by atoms with Crippen LogP contribution in [0.4, 0.5) is 5.69 Å². The summed E-state index contributed by atoms with van der Waals surface area (Å²) in [6, 6.07) is 11.3. The molecule has 2 N–H and O–H groups in total. The highest BCUT2D eigenvalue weighted by atomic mass is 79.9. The highest BCUT2D eigenvalue weighted by Crippen LogP contribution is 2.26. The van der Waals surface area contributed by atoms with E-state index in [1.54, 1.807) is 6.20 Å². The Labute approximate surface area is 146 Å². The quantitative estimate of drug-likeness (QED) is 0.639. The van der Waals surface area contributed by atoms with Crippen LogP contribution in [0.5, 0.6) is 0 Å². The third-order valence-corrected chi connectivity index (χ3v) is 5.04. The molecule has 0 aliphatic carbocycles. The summed E-state index contributed by atoms with van der Waals surface area (Å²) < 4.78 is 0.978. The molecule has 0 spiro atoms. The Morgan fingerprint density at radius 3 is 2.83 bits per heavy atom. The summed E-state index contributed by atoms with van der Waals surface area (Å²) in [4.78, 5) is 24.2. The van der Waals surface area contributed by atoms with E-state index in [-0.39, 0.29) is 11.2 Å². The lowest BCUT2D eigenvalue weighted by atomic mass is 10.3. The van der Waals surface area contributed by atoms with Crippen LogP contribution in [-0.4, -0.2) is 26.1 Å². The average molecular weight is 391 g/mol.